The predicted octanol–water partition coefficient (Wildman–Crippen LogP) is 5.88. The van der Waals surface area contributed by atoms with E-state index in [4.69, 9.17) is 15.5 Å². The molecule has 0 bridgehead atoms. The van der Waals surface area contributed by atoms with Crippen LogP contribution in [-0.2, 0) is 0 Å². The minimum atomic E-state index is 0.650. The normalized spacial score (nSPS) is 10.9. The van der Waals surface area contributed by atoms with E-state index in [0.29, 0.717) is 17.3 Å². The number of pyridine rings is 1. The van der Waals surface area contributed by atoms with Crippen molar-refractivity contribution in [2.75, 3.05) is 11.1 Å². The molecule has 5 rings (SSSR count). The molecule has 0 aliphatic carbocycles. The third-order valence-corrected chi connectivity index (χ3v) is 5.89. The Morgan fingerprint density at radius 2 is 1.88 bits per heavy atom. The van der Waals surface area contributed by atoms with Gasteiger partial charge in [0.2, 0.25) is 0 Å². The van der Waals surface area contributed by atoms with Gasteiger partial charge in [0.15, 0.2) is 5.82 Å². The number of thiazole rings is 1. The SMILES string of the molecule is Cc1ccc(Oc2ccc(Nc3ncnc4sc(-c5cccc(N)c5)nc34)cc2C)cn1. The second-order valence-electron chi connectivity index (χ2n) is 7.36. The molecule has 0 unspecified atom stereocenters. The van der Waals surface area contributed by atoms with Crippen molar-refractivity contribution >= 4 is 38.9 Å². The maximum Gasteiger partial charge on any atom is 0.161 e. The van der Waals surface area contributed by atoms with Gasteiger partial charge < -0.3 is 15.8 Å². The molecule has 3 aromatic heterocycles. The molecule has 0 fully saturated rings. The van der Waals surface area contributed by atoms with Crippen LogP contribution in [0.3, 0.4) is 0 Å². The lowest BCUT2D eigenvalue weighted by atomic mass is 10.2. The Morgan fingerprint density at radius 1 is 0.969 bits per heavy atom. The van der Waals surface area contributed by atoms with Crippen molar-refractivity contribution in [2.24, 2.45) is 0 Å². The molecule has 3 heterocycles. The first kappa shape index (κ1) is 19.9. The Labute approximate surface area is 189 Å². The molecule has 5 aromatic rings. The molecule has 0 aliphatic heterocycles. The van der Waals surface area contributed by atoms with Crippen LogP contribution in [0.25, 0.3) is 20.9 Å². The quantitative estimate of drug-likeness (QED) is 0.329. The number of nitrogens with one attached hydrogen (secondary N) is 1. The molecule has 7 nitrogen and oxygen atoms in total. The molecule has 0 amide bonds. The first-order valence-electron chi connectivity index (χ1n) is 10.0. The number of nitrogens with zero attached hydrogens (tertiary/aromatic N) is 4. The van der Waals surface area contributed by atoms with E-state index in [9.17, 15) is 0 Å². The van der Waals surface area contributed by atoms with E-state index in [-0.39, 0.29) is 0 Å². The molecule has 0 saturated carbocycles. The molecule has 0 radical (unpaired) electrons. The summed E-state index contributed by atoms with van der Waals surface area (Å²) in [6, 6.07) is 17.4. The van der Waals surface area contributed by atoms with Crippen molar-refractivity contribution in [3.63, 3.8) is 0 Å². The molecule has 2 aromatic carbocycles. The standard InChI is InChI=1S/C24H20N6OS/c1-14-10-18(7-9-20(14)31-19-8-6-15(2)26-12-19)29-22-21-24(28-13-27-22)32-23(30-21)16-4-3-5-17(25)11-16/h3-13H,25H2,1-2H3,(H,27,28,29). The highest BCUT2D eigenvalue weighted by molar-refractivity contribution is 7.21. The molecule has 32 heavy (non-hydrogen) atoms. The van der Waals surface area contributed by atoms with Crippen LogP contribution in [0.2, 0.25) is 0 Å². The predicted molar refractivity (Wildman–Crippen MR) is 129 cm³/mol. The van der Waals surface area contributed by atoms with E-state index >= 15 is 0 Å². The Kier molecular flexibility index (Phi) is 5.12. The first-order chi connectivity index (χ1) is 15.5. The zero-order valence-corrected chi connectivity index (χ0v) is 18.4. The summed E-state index contributed by atoms with van der Waals surface area (Å²) in [7, 11) is 0. The van der Waals surface area contributed by atoms with Gasteiger partial charge in [-0.05, 0) is 61.9 Å². The zero-order valence-electron chi connectivity index (χ0n) is 17.5. The molecular weight excluding hydrogens is 420 g/mol. The van der Waals surface area contributed by atoms with Gasteiger partial charge in [0.05, 0.1) is 6.20 Å². The minimum Gasteiger partial charge on any atom is -0.455 e. The number of ether oxygens (including phenoxy) is 1. The number of anilines is 3. The van der Waals surface area contributed by atoms with Crippen LogP contribution in [0.5, 0.6) is 11.5 Å². The number of aryl methyl sites for hydroxylation is 2. The van der Waals surface area contributed by atoms with Gasteiger partial charge in [-0.2, -0.15) is 0 Å². The van der Waals surface area contributed by atoms with Gasteiger partial charge in [-0.25, -0.2) is 15.0 Å². The van der Waals surface area contributed by atoms with Crippen molar-refractivity contribution in [2.45, 2.75) is 13.8 Å². The Morgan fingerprint density at radius 3 is 2.66 bits per heavy atom. The van der Waals surface area contributed by atoms with Gasteiger partial charge >= 0.3 is 0 Å². The number of nitrogen functional groups attached to an aromatic ring is 1. The number of benzene rings is 2. The Bertz CT molecular complexity index is 1410. The van der Waals surface area contributed by atoms with Crippen molar-refractivity contribution in [1.82, 2.24) is 19.9 Å². The Balaban J connectivity index is 1.41. The van der Waals surface area contributed by atoms with Crippen LogP contribution in [0.4, 0.5) is 17.2 Å². The number of fused-ring (bicyclic) bond motifs is 1. The minimum absolute atomic E-state index is 0.650. The van der Waals surface area contributed by atoms with E-state index in [1.807, 2.05) is 68.4 Å². The van der Waals surface area contributed by atoms with Gasteiger partial charge in [-0.15, -0.1) is 0 Å². The van der Waals surface area contributed by atoms with E-state index in [1.165, 1.54) is 11.3 Å². The third-order valence-electron chi connectivity index (χ3n) is 4.88. The molecule has 0 spiro atoms. The molecular formula is C24H20N6OS. The topological polar surface area (TPSA) is 98.8 Å². The van der Waals surface area contributed by atoms with E-state index in [1.54, 1.807) is 12.5 Å². The van der Waals surface area contributed by atoms with E-state index in [0.717, 1.165) is 43.6 Å². The maximum absolute atomic E-state index is 5.96. The summed E-state index contributed by atoms with van der Waals surface area (Å²) in [6.45, 7) is 3.94. The molecule has 3 N–H and O–H groups in total. The van der Waals surface area contributed by atoms with Crippen LogP contribution >= 0.6 is 11.3 Å². The molecule has 8 heteroatoms. The lowest BCUT2D eigenvalue weighted by Gasteiger charge is -2.11. The third kappa shape index (κ3) is 4.08. The Hall–Kier alpha value is -4.04. The smallest absolute Gasteiger partial charge is 0.161 e. The maximum atomic E-state index is 5.96. The fraction of sp³-hybridized carbons (Fsp3) is 0.0833. The molecule has 158 valence electrons. The molecule has 0 saturated heterocycles. The van der Waals surface area contributed by atoms with Crippen LogP contribution in [0.15, 0.2) is 67.1 Å². The van der Waals surface area contributed by atoms with Crippen LogP contribution in [0.1, 0.15) is 11.3 Å². The van der Waals surface area contributed by atoms with Gasteiger partial charge in [-0.1, -0.05) is 23.5 Å². The van der Waals surface area contributed by atoms with Crippen molar-refractivity contribution in [3.8, 4) is 22.1 Å². The number of rotatable bonds is 5. The summed E-state index contributed by atoms with van der Waals surface area (Å²) in [6.07, 6.45) is 3.26. The van der Waals surface area contributed by atoms with Gasteiger partial charge in [0.1, 0.15) is 33.2 Å². The van der Waals surface area contributed by atoms with Crippen LogP contribution in [-0.4, -0.2) is 19.9 Å². The zero-order chi connectivity index (χ0) is 22.1. The summed E-state index contributed by atoms with van der Waals surface area (Å²) in [5.74, 6) is 2.12. The largest absolute Gasteiger partial charge is 0.455 e. The van der Waals surface area contributed by atoms with Crippen molar-refractivity contribution in [3.05, 3.63) is 78.4 Å². The fourth-order valence-electron chi connectivity index (χ4n) is 3.26. The van der Waals surface area contributed by atoms with Gasteiger partial charge in [-0.3, -0.25) is 4.98 Å². The number of hydrogen-bond donors (Lipinski definition) is 2. The average molecular weight is 441 g/mol. The van der Waals surface area contributed by atoms with Gasteiger partial charge in [0, 0.05) is 22.6 Å². The molecule has 0 atom stereocenters. The highest BCUT2D eigenvalue weighted by Gasteiger charge is 2.13. The monoisotopic (exact) mass is 440 g/mol. The summed E-state index contributed by atoms with van der Waals surface area (Å²) < 4.78 is 5.96. The second-order valence-corrected chi connectivity index (χ2v) is 8.34. The number of aromatic nitrogens is 4. The molecule has 0 aliphatic rings. The van der Waals surface area contributed by atoms with Crippen molar-refractivity contribution in [1.29, 1.82) is 0 Å². The first-order valence-corrected chi connectivity index (χ1v) is 10.8. The number of hydrogen-bond acceptors (Lipinski definition) is 8. The fourth-order valence-corrected chi connectivity index (χ4v) is 4.16. The average Bonchev–Trinajstić information content (AvgIpc) is 3.23. The van der Waals surface area contributed by atoms with Crippen LogP contribution in [0, 0.1) is 13.8 Å². The number of nitrogens with two attached hydrogens (primary N) is 1. The van der Waals surface area contributed by atoms with Crippen molar-refractivity contribution < 1.29 is 4.74 Å². The van der Waals surface area contributed by atoms with E-state index in [2.05, 4.69) is 20.3 Å². The van der Waals surface area contributed by atoms with E-state index < -0.39 is 0 Å². The summed E-state index contributed by atoms with van der Waals surface area (Å²) in [4.78, 5) is 18.6. The van der Waals surface area contributed by atoms with Gasteiger partial charge in [0.25, 0.3) is 0 Å². The second kappa shape index (κ2) is 8.24. The summed E-state index contributed by atoms with van der Waals surface area (Å²) >= 11 is 1.51. The lowest BCUT2D eigenvalue weighted by Crippen LogP contribution is -1.97. The highest BCUT2D eigenvalue weighted by atomic mass is 32.1. The lowest BCUT2D eigenvalue weighted by molar-refractivity contribution is 0.476. The van der Waals surface area contributed by atoms with Crippen LogP contribution < -0.4 is 15.8 Å². The highest BCUT2D eigenvalue weighted by Crippen LogP contribution is 2.34. The summed E-state index contributed by atoms with van der Waals surface area (Å²) in [5.41, 5.74) is 11.1. The summed E-state index contributed by atoms with van der Waals surface area (Å²) in [5, 5.41) is 4.21.